The molecule has 1 amide bonds. The van der Waals surface area contributed by atoms with Crippen molar-refractivity contribution >= 4 is 28.9 Å². The van der Waals surface area contributed by atoms with Crippen LogP contribution in [0.25, 0.3) is 0 Å². The van der Waals surface area contributed by atoms with Crippen molar-refractivity contribution in [1.82, 2.24) is 10.9 Å². The van der Waals surface area contributed by atoms with Crippen LogP contribution in [0.4, 0.5) is 10.1 Å². The first kappa shape index (κ1) is 16.7. The number of ether oxygens (including phenoxy) is 1. The molecule has 2 aromatic carbocycles. The van der Waals surface area contributed by atoms with Crippen molar-refractivity contribution < 1.29 is 13.9 Å². The van der Waals surface area contributed by atoms with Crippen LogP contribution in [0.2, 0.25) is 0 Å². The molecule has 120 valence electrons. The Hall–Kier alpha value is -2.67. The highest BCUT2D eigenvalue weighted by Gasteiger charge is 2.04. The smallest absolute Gasteiger partial charge is 0.242 e. The molecule has 7 heteroatoms. The van der Waals surface area contributed by atoms with E-state index in [-0.39, 0.29) is 23.3 Å². The third-order valence-electron chi connectivity index (χ3n) is 2.94. The van der Waals surface area contributed by atoms with E-state index in [0.29, 0.717) is 5.69 Å². The average molecular weight is 333 g/mol. The Morgan fingerprint density at radius 3 is 2.35 bits per heavy atom. The lowest BCUT2D eigenvalue weighted by Crippen LogP contribution is -2.44. The molecule has 0 aliphatic carbocycles. The van der Waals surface area contributed by atoms with Gasteiger partial charge in [-0.25, -0.2) is 4.39 Å². The minimum atomic E-state index is -0.331. The molecule has 0 unspecified atom stereocenters. The van der Waals surface area contributed by atoms with Gasteiger partial charge >= 0.3 is 0 Å². The van der Waals surface area contributed by atoms with Crippen molar-refractivity contribution in [2.24, 2.45) is 0 Å². The van der Waals surface area contributed by atoms with Crippen LogP contribution >= 0.6 is 12.2 Å². The molecule has 2 aromatic rings. The molecular formula is C16H16FN3O2S. The topological polar surface area (TPSA) is 62.4 Å². The first-order chi connectivity index (χ1) is 11.1. The maximum absolute atomic E-state index is 12.8. The number of benzene rings is 2. The predicted octanol–water partition coefficient (Wildman–Crippen LogP) is 2.39. The molecule has 0 aromatic heterocycles. The van der Waals surface area contributed by atoms with Gasteiger partial charge in [-0.05, 0) is 54.2 Å². The van der Waals surface area contributed by atoms with Gasteiger partial charge in [-0.1, -0.05) is 12.1 Å². The Bertz CT molecular complexity index is 675. The van der Waals surface area contributed by atoms with Crippen LogP contribution in [0.15, 0.2) is 48.5 Å². The van der Waals surface area contributed by atoms with Gasteiger partial charge in [0.15, 0.2) is 5.11 Å². The van der Waals surface area contributed by atoms with Gasteiger partial charge in [0.1, 0.15) is 11.6 Å². The Kier molecular flexibility index (Phi) is 5.87. The lowest BCUT2D eigenvalue weighted by Gasteiger charge is -2.11. The van der Waals surface area contributed by atoms with Crippen LogP contribution in [-0.4, -0.2) is 18.1 Å². The van der Waals surface area contributed by atoms with Crippen molar-refractivity contribution in [2.45, 2.75) is 6.42 Å². The minimum absolute atomic E-state index is 0.205. The molecule has 0 radical (unpaired) electrons. The standard InChI is InChI=1S/C16H16FN3O2S/c1-22-14-8-2-11(3-9-14)10-15(21)19-20-16(23)18-13-6-4-12(17)5-7-13/h2-9H,10H2,1H3,(H,19,21)(H2,18,20,23). The zero-order chi connectivity index (χ0) is 16.7. The average Bonchev–Trinajstić information content (AvgIpc) is 2.56. The van der Waals surface area contributed by atoms with Crippen molar-refractivity contribution in [3.05, 3.63) is 59.9 Å². The number of methoxy groups -OCH3 is 1. The maximum Gasteiger partial charge on any atom is 0.242 e. The summed E-state index contributed by atoms with van der Waals surface area (Å²) >= 11 is 5.04. The minimum Gasteiger partial charge on any atom is -0.497 e. The Morgan fingerprint density at radius 2 is 1.74 bits per heavy atom. The molecule has 5 nitrogen and oxygen atoms in total. The number of rotatable bonds is 4. The summed E-state index contributed by atoms with van der Waals surface area (Å²) in [4.78, 5) is 11.8. The predicted molar refractivity (Wildman–Crippen MR) is 90.6 cm³/mol. The number of thiocarbonyl (C=S) groups is 1. The van der Waals surface area contributed by atoms with Crippen LogP contribution in [0, 0.1) is 5.82 Å². The van der Waals surface area contributed by atoms with E-state index in [1.54, 1.807) is 31.4 Å². The zero-order valence-corrected chi connectivity index (χ0v) is 13.2. The number of carbonyl (C=O) groups is 1. The first-order valence-corrected chi connectivity index (χ1v) is 7.22. The van der Waals surface area contributed by atoms with E-state index < -0.39 is 0 Å². The molecule has 2 rings (SSSR count). The normalized spacial score (nSPS) is 9.83. The van der Waals surface area contributed by atoms with E-state index in [2.05, 4.69) is 16.2 Å². The summed E-state index contributed by atoms with van der Waals surface area (Å²) in [5.74, 6) is 0.164. The summed E-state index contributed by atoms with van der Waals surface area (Å²) in [6.45, 7) is 0. The van der Waals surface area contributed by atoms with Crippen LogP contribution in [0.5, 0.6) is 5.75 Å². The number of amides is 1. The monoisotopic (exact) mass is 333 g/mol. The van der Waals surface area contributed by atoms with E-state index in [1.807, 2.05) is 12.1 Å². The largest absolute Gasteiger partial charge is 0.497 e. The van der Waals surface area contributed by atoms with Gasteiger partial charge in [-0.3, -0.25) is 15.6 Å². The van der Waals surface area contributed by atoms with Crippen LogP contribution in [0.3, 0.4) is 0 Å². The van der Waals surface area contributed by atoms with Gasteiger partial charge < -0.3 is 10.1 Å². The summed E-state index contributed by atoms with van der Waals surface area (Å²) in [5.41, 5.74) is 6.55. The molecular weight excluding hydrogens is 317 g/mol. The van der Waals surface area contributed by atoms with Crippen molar-refractivity contribution in [3.8, 4) is 5.75 Å². The van der Waals surface area contributed by atoms with E-state index >= 15 is 0 Å². The van der Waals surface area contributed by atoms with Crippen molar-refractivity contribution in [1.29, 1.82) is 0 Å². The van der Waals surface area contributed by atoms with Gasteiger partial charge in [-0.2, -0.15) is 0 Å². The number of halogens is 1. The molecule has 0 fully saturated rings. The van der Waals surface area contributed by atoms with Gasteiger partial charge in [0, 0.05) is 5.69 Å². The Balaban J connectivity index is 1.76. The van der Waals surface area contributed by atoms with Gasteiger partial charge in [0.2, 0.25) is 5.91 Å². The molecule has 0 atom stereocenters. The van der Waals surface area contributed by atoms with E-state index in [1.165, 1.54) is 12.1 Å². The van der Waals surface area contributed by atoms with Gasteiger partial charge in [0.05, 0.1) is 13.5 Å². The first-order valence-electron chi connectivity index (χ1n) is 6.81. The second-order valence-corrected chi connectivity index (χ2v) is 5.07. The maximum atomic E-state index is 12.8. The van der Waals surface area contributed by atoms with E-state index in [4.69, 9.17) is 17.0 Å². The fourth-order valence-corrected chi connectivity index (χ4v) is 1.96. The molecule has 23 heavy (non-hydrogen) atoms. The highest BCUT2D eigenvalue weighted by atomic mass is 32.1. The third kappa shape index (κ3) is 5.55. The van der Waals surface area contributed by atoms with E-state index in [9.17, 15) is 9.18 Å². The fraction of sp³-hybridized carbons (Fsp3) is 0.125. The number of hydrazine groups is 1. The summed E-state index contributed by atoms with van der Waals surface area (Å²) in [5, 5.41) is 3.03. The van der Waals surface area contributed by atoms with Crippen molar-refractivity contribution in [2.75, 3.05) is 12.4 Å². The molecule has 3 N–H and O–H groups in total. The molecule has 0 saturated carbocycles. The van der Waals surface area contributed by atoms with E-state index in [0.717, 1.165) is 11.3 Å². The second kappa shape index (κ2) is 8.09. The lowest BCUT2D eigenvalue weighted by atomic mass is 10.1. The van der Waals surface area contributed by atoms with Crippen molar-refractivity contribution in [3.63, 3.8) is 0 Å². The lowest BCUT2D eigenvalue weighted by molar-refractivity contribution is -0.120. The summed E-state index contributed by atoms with van der Waals surface area (Å²) in [6.07, 6.45) is 0.205. The molecule has 0 aliphatic heterocycles. The molecule has 0 aliphatic rings. The summed E-state index contributed by atoms with van der Waals surface area (Å²) in [6, 6.07) is 12.9. The highest BCUT2D eigenvalue weighted by molar-refractivity contribution is 7.80. The molecule has 0 bridgehead atoms. The number of nitrogens with one attached hydrogen (secondary N) is 3. The summed E-state index contributed by atoms with van der Waals surface area (Å²) < 4.78 is 17.8. The number of hydrogen-bond donors (Lipinski definition) is 3. The van der Waals surface area contributed by atoms with Crippen LogP contribution in [0.1, 0.15) is 5.56 Å². The number of hydrogen-bond acceptors (Lipinski definition) is 3. The second-order valence-electron chi connectivity index (χ2n) is 4.66. The van der Waals surface area contributed by atoms with Crippen LogP contribution in [-0.2, 0) is 11.2 Å². The number of anilines is 1. The van der Waals surface area contributed by atoms with Gasteiger partial charge in [0.25, 0.3) is 0 Å². The zero-order valence-electron chi connectivity index (χ0n) is 12.4. The highest BCUT2D eigenvalue weighted by Crippen LogP contribution is 2.11. The molecule has 0 heterocycles. The summed E-state index contributed by atoms with van der Waals surface area (Å²) in [7, 11) is 1.58. The van der Waals surface area contributed by atoms with Crippen LogP contribution < -0.4 is 20.9 Å². The quantitative estimate of drug-likeness (QED) is 0.592. The fourth-order valence-electron chi connectivity index (χ4n) is 1.80. The van der Waals surface area contributed by atoms with Gasteiger partial charge in [-0.15, -0.1) is 0 Å². The molecule has 0 spiro atoms. The number of carbonyl (C=O) groups excluding carboxylic acids is 1. The Labute approximate surface area is 138 Å². The molecule has 0 saturated heterocycles. The Morgan fingerprint density at radius 1 is 1.09 bits per heavy atom. The third-order valence-corrected chi connectivity index (χ3v) is 3.15. The SMILES string of the molecule is COc1ccc(CC(=O)NNC(=S)Nc2ccc(F)cc2)cc1.